The van der Waals surface area contributed by atoms with Crippen molar-refractivity contribution < 1.29 is 19.1 Å². The molecule has 1 aliphatic heterocycles. The molecule has 1 aromatic carbocycles. The number of nitrogens with one attached hydrogen (secondary N) is 2. The Morgan fingerprint density at radius 2 is 1.91 bits per heavy atom. The predicted molar refractivity (Wildman–Crippen MR) is 134 cm³/mol. The maximum absolute atomic E-state index is 13.3. The van der Waals surface area contributed by atoms with Gasteiger partial charge in [-0.25, -0.2) is 4.99 Å². The molecule has 2 atom stereocenters. The van der Waals surface area contributed by atoms with E-state index in [0.717, 1.165) is 5.56 Å². The van der Waals surface area contributed by atoms with E-state index in [-0.39, 0.29) is 42.3 Å². The van der Waals surface area contributed by atoms with Gasteiger partial charge in [0.25, 0.3) is 0 Å². The summed E-state index contributed by atoms with van der Waals surface area (Å²) < 4.78 is 10.7. The summed E-state index contributed by atoms with van der Waals surface area (Å²) in [5.41, 5.74) is -0.279. The molecule has 0 saturated carbocycles. The van der Waals surface area contributed by atoms with Gasteiger partial charge in [-0.15, -0.1) is 24.0 Å². The van der Waals surface area contributed by atoms with Crippen LogP contribution in [-0.2, 0) is 15.1 Å². The zero-order chi connectivity index (χ0) is 22.1. The number of amides is 1. The van der Waals surface area contributed by atoms with E-state index in [9.17, 15) is 9.90 Å². The lowest BCUT2D eigenvalue weighted by atomic mass is 9.97. The summed E-state index contributed by atoms with van der Waals surface area (Å²) in [4.78, 5) is 19.6. The maximum Gasteiger partial charge on any atom is 0.232 e. The van der Waals surface area contributed by atoms with Gasteiger partial charge < -0.3 is 29.8 Å². The molecule has 0 spiro atoms. The van der Waals surface area contributed by atoms with Crippen LogP contribution < -0.4 is 10.6 Å². The van der Waals surface area contributed by atoms with Crippen LogP contribution in [0.25, 0.3) is 0 Å². The molecule has 1 amide bonds. The molecule has 1 fully saturated rings. The Bertz CT molecular complexity index is 837. The van der Waals surface area contributed by atoms with Gasteiger partial charge in [0, 0.05) is 26.2 Å². The second kappa shape index (κ2) is 12.8. The van der Waals surface area contributed by atoms with Crippen LogP contribution >= 0.6 is 24.0 Å². The highest BCUT2D eigenvalue weighted by Crippen LogP contribution is 2.21. The van der Waals surface area contributed by atoms with Crippen LogP contribution in [-0.4, -0.2) is 67.8 Å². The number of carbonyl (C=O) groups excluding carboxylic acids is 1. The van der Waals surface area contributed by atoms with Gasteiger partial charge in [0.15, 0.2) is 5.96 Å². The molecule has 1 aliphatic rings. The second-order valence-electron chi connectivity index (χ2n) is 7.73. The van der Waals surface area contributed by atoms with Crippen molar-refractivity contribution in [2.45, 2.75) is 25.4 Å². The molecule has 8 nitrogen and oxygen atoms in total. The van der Waals surface area contributed by atoms with Gasteiger partial charge in [0.1, 0.15) is 11.4 Å². The first-order valence-corrected chi connectivity index (χ1v) is 10.7. The number of halogens is 1. The highest BCUT2D eigenvalue weighted by atomic mass is 127. The lowest BCUT2D eigenvalue weighted by Crippen LogP contribution is -2.47. The number of rotatable bonds is 8. The van der Waals surface area contributed by atoms with E-state index >= 15 is 0 Å². The SMILES string of the molecule is CCNC(=NCC(C)(O)c1ccco1)NCC(C(=O)N1CCOCC1)c1ccccc1.I. The van der Waals surface area contributed by atoms with E-state index in [1.54, 1.807) is 19.1 Å². The van der Waals surface area contributed by atoms with E-state index in [0.29, 0.717) is 51.1 Å². The third-order valence-electron chi connectivity index (χ3n) is 5.24. The molecule has 2 heterocycles. The van der Waals surface area contributed by atoms with Crippen molar-refractivity contribution in [2.75, 3.05) is 45.9 Å². The van der Waals surface area contributed by atoms with E-state index in [2.05, 4.69) is 15.6 Å². The standard InChI is InChI=1S/C23H32N4O4.HI/c1-3-24-22(26-17-23(2,29)20-10-7-13-31-20)25-16-19(18-8-5-4-6-9-18)21(28)27-11-14-30-15-12-27;/h4-10,13,19,29H,3,11-12,14-17H2,1-2H3,(H2,24,25,26);1H. The molecule has 0 aliphatic carbocycles. The molecule has 9 heteroatoms. The second-order valence-corrected chi connectivity index (χ2v) is 7.73. The Hall–Kier alpha value is -2.11. The average Bonchev–Trinajstić information content (AvgIpc) is 3.35. The zero-order valence-electron chi connectivity index (χ0n) is 18.6. The fourth-order valence-corrected chi connectivity index (χ4v) is 3.47. The molecule has 176 valence electrons. The molecule has 1 saturated heterocycles. The van der Waals surface area contributed by atoms with Crippen LogP contribution in [0.1, 0.15) is 31.1 Å². The van der Waals surface area contributed by atoms with Crippen molar-refractivity contribution in [1.29, 1.82) is 0 Å². The Kier molecular flexibility index (Phi) is 10.5. The molecular formula is C23H33IN4O4. The summed E-state index contributed by atoms with van der Waals surface area (Å²) >= 11 is 0. The topological polar surface area (TPSA) is 99.3 Å². The maximum atomic E-state index is 13.3. The Morgan fingerprint density at radius 3 is 2.53 bits per heavy atom. The quantitative estimate of drug-likeness (QED) is 0.262. The molecular weight excluding hydrogens is 523 g/mol. The lowest BCUT2D eigenvalue weighted by molar-refractivity contribution is -0.136. The largest absolute Gasteiger partial charge is 0.466 e. The summed E-state index contributed by atoms with van der Waals surface area (Å²) in [5, 5.41) is 17.1. The Labute approximate surface area is 206 Å². The summed E-state index contributed by atoms with van der Waals surface area (Å²) in [7, 11) is 0. The summed E-state index contributed by atoms with van der Waals surface area (Å²) in [6.07, 6.45) is 1.53. The monoisotopic (exact) mass is 556 g/mol. The number of aliphatic hydroxyl groups is 1. The minimum Gasteiger partial charge on any atom is -0.466 e. The van der Waals surface area contributed by atoms with Gasteiger partial charge in [0.05, 0.1) is 31.9 Å². The van der Waals surface area contributed by atoms with Gasteiger partial charge in [0.2, 0.25) is 5.91 Å². The molecule has 0 bridgehead atoms. The Morgan fingerprint density at radius 1 is 1.19 bits per heavy atom. The van der Waals surface area contributed by atoms with E-state index < -0.39 is 5.60 Å². The first kappa shape index (κ1) is 26.1. The number of hydrogen-bond acceptors (Lipinski definition) is 5. The molecule has 0 radical (unpaired) electrons. The van der Waals surface area contributed by atoms with Gasteiger partial charge >= 0.3 is 0 Å². The van der Waals surface area contributed by atoms with Crippen molar-refractivity contribution in [1.82, 2.24) is 15.5 Å². The van der Waals surface area contributed by atoms with Crippen molar-refractivity contribution in [2.24, 2.45) is 4.99 Å². The van der Waals surface area contributed by atoms with Gasteiger partial charge in [-0.05, 0) is 31.5 Å². The van der Waals surface area contributed by atoms with Crippen LogP contribution in [0.5, 0.6) is 0 Å². The van der Waals surface area contributed by atoms with Gasteiger partial charge in [-0.1, -0.05) is 30.3 Å². The van der Waals surface area contributed by atoms with E-state index in [1.807, 2.05) is 42.2 Å². The van der Waals surface area contributed by atoms with Crippen molar-refractivity contribution in [3.05, 3.63) is 60.1 Å². The number of ether oxygens (including phenoxy) is 1. The summed E-state index contributed by atoms with van der Waals surface area (Å²) in [6, 6.07) is 13.2. The number of guanidine groups is 1. The van der Waals surface area contributed by atoms with Crippen molar-refractivity contribution in [3.8, 4) is 0 Å². The first-order valence-electron chi connectivity index (χ1n) is 10.7. The van der Waals surface area contributed by atoms with Crippen LogP contribution in [0.15, 0.2) is 58.1 Å². The normalized spacial score (nSPS) is 17.1. The lowest BCUT2D eigenvalue weighted by Gasteiger charge is -2.31. The highest BCUT2D eigenvalue weighted by Gasteiger charge is 2.28. The number of aliphatic imine (C=N–C) groups is 1. The number of morpholine rings is 1. The number of carbonyl (C=O) groups is 1. The summed E-state index contributed by atoms with van der Waals surface area (Å²) in [5.74, 6) is 0.705. The van der Waals surface area contributed by atoms with Crippen LogP contribution in [0.2, 0.25) is 0 Å². The molecule has 3 rings (SSSR count). The van der Waals surface area contributed by atoms with E-state index in [1.165, 1.54) is 6.26 Å². The zero-order valence-corrected chi connectivity index (χ0v) is 21.0. The van der Waals surface area contributed by atoms with Gasteiger partial charge in [-0.2, -0.15) is 0 Å². The fraction of sp³-hybridized carbons (Fsp3) is 0.478. The minimum atomic E-state index is -1.23. The molecule has 2 aromatic rings. The van der Waals surface area contributed by atoms with Crippen LogP contribution in [0.4, 0.5) is 0 Å². The highest BCUT2D eigenvalue weighted by molar-refractivity contribution is 14.0. The third kappa shape index (κ3) is 7.21. The molecule has 2 unspecified atom stereocenters. The third-order valence-corrected chi connectivity index (χ3v) is 5.24. The van der Waals surface area contributed by atoms with Crippen molar-refractivity contribution >= 4 is 35.8 Å². The number of benzene rings is 1. The first-order chi connectivity index (χ1) is 15.0. The number of nitrogens with zero attached hydrogens (tertiary/aromatic N) is 2. The number of hydrogen-bond donors (Lipinski definition) is 3. The fourth-order valence-electron chi connectivity index (χ4n) is 3.47. The number of furan rings is 1. The van der Waals surface area contributed by atoms with Gasteiger partial charge in [-0.3, -0.25) is 4.79 Å². The minimum absolute atomic E-state index is 0. The molecule has 1 aromatic heterocycles. The molecule has 3 N–H and O–H groups in total. The molecule has 32 heavy (non-hydrogen) atoms. The van der Waals surface area contributed by atoms with Crippen LogP contribution in [0, 0.1) is 0 Å². The predicted octanol–water partition coefficient (Wildman–Crippen LogP) is 2.30. The Balaban J connectivity index is 0.00000363. The average molecular weight is 556 g/mol. The summed E-state index contributed by atoms with van der Waals surface area (Å²) in [6.45, 7) is 7.10. The van der Waals surface area contributed by atoms with E-state index in [4.69, 9.17) is 9.15 Å². The smallest absolute Gasteiger partial charge is 0.232 e. The van der Waals surface area contributed by atoms with Crippen LogP contribution in [0.3, 0.4) is 0 Å². The van der Waals surface area contributed by atoms with Crippen molar-refractivity contribution in [3.63, 3.8) is 0 Å².